The molecule has 0 radical (unpaired) electrons. The monoisotopic (exact) mass is 479 g/mol. The van der Waals surface area contributed by atoms with Crippen LogP contribution >= 0.6 is 8.73 Å². The van der Waals surface area contributed by atoms with Gasteiger partial charge in [-0.1, -0.05) is 5.16 Å². The fraction of sp³-hybridized carbons (Fsp3) is 0.304. The maximum Gasteiger partial charge on any atom is 0.256 e. The summed E-state index contributed by atoms with van der Waals surface area (Å²) in [7, 11) is 0.441. The highest BCUT2D eigenvalue weighted by atomic mass is 31.1. The number of benzene rings is 1. The van der Waals surface area contributed by atoms with Gasteiger partial charge in [0.05, 0.1) is 0 Å². The SMILES string of the molecule is CPn1nc(N[C@@H]2CCCNC2)c2c(Oc3ccc(C(=O)Nc4cc(C)on4)cc3)ccnc21. The van der Waals surface area contributed by atoms with Crippen molar-refractivity contribution in [2.45, 2.75) is 25.8 Å². The maximum atomic E-state index is 12.5. The molecule has 1 aromatic carbocycles. The van der Waals surface area contributed by atoms with Crippen molar-refractivity contribution in [2.24, 2.45) is 0 Å². The van der Waals surface area contributed by atoms with E-state index in [-0.39, 0.29) is 5.91 Å². The summed E-state index contributed by atoms with van der Waals surface area (Å²) in [5.74, 6) is 2.78. The van der Waals surface area contributed by atoms with Crippen LogP contribution in [0.25, 0.3) is 11.0 Å². The van der Waals surface area contributed by atoms with Gasteiger partial charge in [0.1, 0.15) is 22.6 Å². The Morgan fingerprint density at radius 3 is 2.85 bits per heavy atom. The average Bonchev–Trinajstić information content (AvgIpc) is 3.43. The third-order valence-corrected chi connectivity index (χ3v) is 6.33. The predicted molar refractivity (Wildman–Crippen MR) is 132 cm³/mol. The molecule has 1 unspecified atom stereocenters. The highest BCUT2D eigenvalue weighted by molar-refractivity contribution is 7.35. The Kier molecular flexibility index (Phi) is 6.42. The first-order valence-electron chi connectivity index (χ1n) is 11.2. The van der Waals surface area contributed by atoms with Crippen LogP contribution in [0.4, 0.5) is 11.6 Å². The summed E-state index contributed by atoms with van der Waals surface area (Å²) in [6, 6.07) is 10.7. The quantitative estimate of drug-likeness (QED) is 0.340. The zero-order valence-electron chi connectivity index (χ0n) is 19.0. The third kappa shape index (κ3) is 4.73. The Bertz CT molecular complexity index is 1300. The van der Waals surface area contributed by atoms with E-state index < -0.39 is 0 Å². The molecule has 0 saturated carbocycles. The van der Waals surface area contributed by atoms with Crippen LogP contribution in [0.15, 0.2) is 47.1 Å². The number of ether oxygens (including phenoxy) is 1. The lowest BCUT2D eigenvalue weighted by Crippen LogP contribution is -2.38. The van der Waals surface area contributed by atoms with Crippen molar-refractivity contribution in [3.63, 3.8) is 0 Å². The first kappa shape index (κ1) is 22.3. The molecule has 1 fully saturated rings. The number of aromatic nitrogens is 4. The van der Waals surface area contributed by atoms with Gasteiger partial charge in [-0.15, -0.1) is 5.10 Å². The van der Waals surface area contributed by atoms with Gasteiger partial charge in [-0.25, -0.2) is 9.44 Å². The molecule has 0 bridgehead atoms. The lowest BCUT2D eigenvalue weighted by molar-refractivity contribution is 0.102. The smallest absolute Gasteiger partial charge is 0.256 e. The molecule has 4 aromatic rings. The summed E-state index contributed by atoms with van der Waals surface area (Å²) >= 11 is 0. The number of rotatable bonds is 7. The molecule has 11 heteroatoms. The molecule has 10 nitrogen and oxygen atoms in total. The Balaban J connectivity index is 1.37. The Morgan fingerprint density at radius 1 is 1.29 bits per heavy atom. The van der Waals surface area contributed by atoms with Crippen molar-refractivity contribution in [1.29, 1.82) is 0 Å². The van der Waals surface area contributed by atoms with Crippen LogP contribution in [-0.4, -0.2) is 51.4 Å². The van der Waals surface area contributed by atoms with Crippen molar-refractivity contribution in [1.82, 2.24) is 25.0 Å². The largest absolute Gasteiger partial charge is 0.456 e. The van der Waals surface area contributed by atoms with Gasteiger partial charge in [-0.3, -0.25) is 4.79 Å². The second kappa shape index (κ2) is 9.79. The Hall–Kier alpha value is -3.49. The van der Waals surface area contributed by atoms with E-state index in [9.17, 15) is 4.79 Å². The summed E-state index contributed by atoms with van der Waals surface area (Å²) in [4.78, 5) is 17.0. The van der Waals surface area contributed by atoms with Crippen molar-refractivity contribution in [3.8, 4) is 11.5 Å². The van der Waals surface area contributed by atoms with Crippen LogP contribution < -0.4 is 20.7 Å². The number of amides is 1. The number of nitrogens with one attached hydrogen (secondary N) is 3. The standard InChI is InChI=1S/C23H26N7O3P/c1-14-12-19(29-33-14)27-23(31)15-5-7-17(8-6-15)32-18-9-11-25-22-20(18)21(28-30(22)34-2)26-16-4-3-10-24-13-16/h5-9,11-12,16,24,34H,3-4,10,13H2,1-2H3,(H,26,28)(H,27,29,31)/t16-/m1/s1. The molecular formula is C23H26N7O3P. The van der Waals surface area contributed by atoms with E-state index in [2.05, 4.69) is 32.8 Å². The minimum absolute atomic E-state index is 0.274. The number of fused-ring (bicyclic) bond motifs is 1. The van der Waals surface area contributed by atoms with Crippen LogP contribution in [-0.2, 0) is 0 Å². The zero-order valence-corrected chi connectivity index (χ0v) is 20.0. The number of anilines is 2. The van der Waals surface area contributed by atoms with Crippen LogP contribution in [0, 0.1) is 6.92 Å². The van der Waals surface area contributed by atoms with Crippen molar-refractivity contribution >= 4 is 37.3 Å². The molecule has 3 N–H and O–H groups in total. The lowest BCUT2D eigenvalue weighted by atomic mass is 10.1. The number of piperidine rings is 1. The Morgan fingerprint density at radius 2 is 2.15 bits per heavy atom. The summed E-state index contributed by atoms with van der Waals surface area (Å²) in [6.07, 6.45) is 3.94. The molecule has 0 spiro atoms. The molecule has 1 aliphatic heterocycles. The van der Waals surface area contributed by atoms with Crippen molar-refractivity contribution in [3.05, 3.63) is 53.9 Å². The van der Waals surface area contributed by atoms with Gasteiger partial charge < -0.3 is 25.2 Å². The molecule has 34 heavy (non-hydrogen) atoms. The molecule has 1 saturated heterocycles. The number of pyridine rings is 1. The molecule has 3 aromatic heterocycles. The third-order valence-electron chi connectivity index (χ3n) is 5.59. The summed E-state index contributed by atoms with van der Waals surface area (Å²) in [5, 5.41) is 19.1. The lowest BCUT2D eigenvalue weighted by Gasteiger charge is -2.23. The van der Waals surface area contributed by atoms with Crippen LogP contribution in [0.1, 0.15) is 29.0 Å². The van der Waals surface area contributed by atoms with E-state index in [4.69, 9.17) is 14.4 Å². The van der Waals surface area contributed by atoms with E-state index >= 15 is 0 Å². The van der Waals surface area contributed by atoms with Crippen LogP contribution in [0.5, 0.6) is 11.5 Å². The van der Waals surface area contributed by atoms with E-state index in [0.717, 1.165) is 42.8 Å². The van der Waals surface area contributed by atoms with Crippen molar-refractivity contribution in [2.75, 3.05) is 30.4 Å². The fourth-order valence-corrected chi connectivity index (χ4v) is 4.52. The second-order valence-corrected chi connectivity index (χ2v) is 8.95. The van der Waals surface area contributed by atoms with Gasteiger partial charge in [0, 0.05) is 45.2 Å². The van der Waals surface area contributed by atoms with E-state index in [1.807, 2.05) is 10.5 Å². The normalized spacial score (nSPS) is 16.2. The van der Waals surface area contributed by atoms with Gasteiger partial charge in [0.15, 0.2) is 17.3 Å². The molecule has 1 aliphatic rings. The Labute approximate surface area is 198 Å². The average molecular weight is 479 g/mol. The number of nitrogens with zero attached hydrogens (tertiary/aromatic N) is 4. The van der Waals surface area contributed by atoms with Crippen LogP contribution in [0.3, 0.4) is 0 Å². The van der Waals surface area contributed by atoms with Gasteiger partial charge >= 0.3 is 0 Å². The topological polar surface area (TPSA) is 119 Å². The van der Waals surface area contributed by atoms with Gasteiger partial charge in [0.25, 0.3) is 5.91 Å². The van der Waals surface area contributed by atoms with Gasteiger partial charge in [0.2, 0.25) is 0 Å². The summed E-state index contributed by atoms with van der Waals surface area (Å²) in [6.45, 7) is 5.78. The number of hydrogen-bond acceptors (Lipinski definition) is 8. The molecule has 0 aliphatic carbocycles. The van der Waals surface area contributed by atoms with Crippen LogP contribution in [0.2, 0.25) is 0 Å². The fourth-order valence-electron chi connectivity index (χ4n) is 3.94. The number of carbonyl (C=O) groups is 1. The minimum Gasteiger partial charge on any atom is -0.456 e. The molecule has 1 amide bonds. The number of hydrogen-bond donors (Lipinski definition) is 3. The van der Waals surface area contributed by atoms with E-state index in [1.54, 1.807) is 43.5 Å². The minimum atomic E-state index is -0.274. The highest BCUT2D eigenvalue weighted by Crippen LogP contribution is 2.36. The number of carbonyl (C=O) groups excluding carboxylic acids is 1. The maximum absolute atomic E-state index is 12.5. The first-order valence-corrected chi connectivity index (χ1v) is 12.6. The summed E-state index contributed by atoms with van der Waals surface area (Å²) in [5.41, 5.74) is 1.27. The summed E-state index contributed by atoms with van der Waals surface area (Å²) < 4.78 is 13.1. The molecular weight excluding hydrogens is 453 g/mol. The zero-order chi connectivity index (χ0) is 23.5. The van der Waals surface area contributed by atoms with E-state index in [1.165, 1.54) is 0 Å². The second-order valence-electron chi connectivity index (χ2n) is 8.08. The molecule has 2 atom stereocenters. The molecule has 5 rings (SSSR count). The first-order chi connectivity index (χ1) is 16.6. The van der Waals surface area contributed by atoms with Crippen molar-refractivity contribution < 1.29 is 14.1 Å². The predicted octanol–water partition coefficient (Wildman–Crippen LogP) is 4.01. The van der Waals surface area contributed by atoms with Gasteiger partial charge in [-0.2, -0.15) is 0 Å². The van der Waals surface area contributed by atoms with Gasteiger partial charge in [-0.05, 0) is 57.2 Å². The number of aryl methyl sites for hydroxylation is 1. The van der Waals surface area contributed by atoms with E-state index in [0.29, 0.717) is 43.4 Å². The molecule has 176 valence electrons. The molecule has 4 heterocycles. The highest BCUT2D eigenvalue weighted by Gasteiger charge is 2.21.